The predicted molar refractivity (Wildman–Crippen MR) is 390 cm³/mol. The number of nitrogens with zero attached hydrogens (tertiary/aromatic N) is 16. The van der Waals surface area contributed by atoms with Crippen LogP contribution in [0.5, 0.6) is 11.5 Å². The molecule has 0 saturated carbocycles. The van der Waals surface area contributed by atoms with E-state index in [9.17, 15) is 33.6 Å². The third-order valence-electron chi connectivity index (χ3n) is 18.7. The van der Waals surface area contributed by atoms with E-state index in [0.29, 0.717) is 6.79 Å². The van der Waals surface area contributed by atoms with Gasteiger partial charge in [-0.05, 0) is 60.1 Å². The van der Waals surface area contributed by atoms with E-state index in [0.717, 1.165) is 264 Å². The molecule has 0 bridgehead atoms. The molecule has 1 N–H and O–H groups in total. The number of aliphatic hydroxyl groups excluding tert-OH is 1. The molecule has 0 atom stereocenters. The van der Waals surface area contributed by atoms with Crippen LogP contribution in [0.4, 0.5) is 17.2 Å². The molecule has 4 aromatic carbocycles. The number of hydrogen-bond donors (Lipinski definition) is 1. The topological polar surface area (TPSA) is 229 Å². The lowest BCUT2D eigenvalue weighted by Gasteiger charge is -2.38. The average Bonchev–Trinajstić information content (AvgIpc) is 1.47. The highest BCUT2D eigenvalue weighted by Gasteiger charge is 2.27. The molecule has 542 valence electrons. The molecule has 10 heterocycles. The number of anilines is 3. The van der Waals surface area contributed by atoms with Crippen molar-refractivity contribution in [1.29, 1.82) is 0 Å². The van der Waals surface area contributed by atoms with Gasteiger partial charge in [0.05, 0.1) is 12.6 Å². The summed E-state index contributed by atoms with van der Waals surface area (Å²) in [4.78, 5) is 110. The smallest absolute Gasteiger partial charge is 0.231 e. The Kier molecular flexibility index (Phi) is 33.3. The fourth-order valence-electron chi connectivity index (χ4n) is 12.4. The van der Waals surface area contributed by atoms with Crippen LogP contribution in [-0.4, -0.2) is 324 Å². The Morgan fingerprint density at radius 1 is 0.386 bits per heavy atom. The van der Waals surface area contributed by atoms with Crippen LogP contribution < -0.4 is 24.2 Å². The summed E-state index contributed by atoms with van der Waals surface area (Å²) in [5.41, 5.74) is 6.27. The van der Waals surface area contributed by atoms with E-state index in [1.165, 1.54) is 22.4 Å². The normalized spacial score (nSPS) is 17.9. The summed E-state index contributed by atoms with van der Waals surface area (Å²) < 4.78 is 10.6. The van der Waals surface area contributed by atoms with Gasteiger partial charge in [-0.2, -0.15) is 0 Å². The molecule has 8 aliphatic rings. The van der Waals surface area contributed by atoms with E-state index in [1.807, 2.05) is 64.4 Å². The summed E-state index contributed by atoms with van der Waals surface area (Å²) in [7, 11) is 2.07. The lowest BCUT2D eigenvalue weighted by molar-refractivity contribution is -0.120. The van der Waals surface area contributed by atoms with Crippen molar-refractivity contribution in [3.63, 3.8) is 0 Å². The van der Waals surface area contributed by atoms with Gasteiger partial charge in [0, 0.05) is 232 Å². The largest absolute Gasteiger partial charge is 0.454 e. The first-order valence-corrected chi connectivity index (χ1v) is 35.1. The van der Waals surface area contributed by atoms with Crippen LogP contribution >= 0.6 is 0 Å². The highest BCUT2D eigenvalue weighted by atomic mass is 16.7. The quantitative estimate of drug-likeness (QED) is 0.129. The summed E-state index contributed by atoms with van der Waals surface area (Å²) >= 11 is 0. The molecular formula is C75H102N16O10. The molecule has 0 aliphatic carbocycles. The highest BCUT2D eigenvalue weighted by molar-refractivity contribution is 5.58. The van der Waals surface area contributed by atoms with E-state index in [-0.39, 0.29) is 12.6 Å². The lowest BCUT2D eigenvalue weighted by atomic mass is 9.96. The maximum absolute atomic E-state index is 10.9. The van der Waals surface area contributed by atoms with Crippen molar-refractivity contribution < 1.29 is 48.1 Å². The van der Waals surface area contributed by atoms with E-state index in [4.69, 9.17) is 14.6 Å². The molecule has 7 fully saturated rings. The highest BCUT2D eigenvalue weighted by Crippen LogP contribution is 2.36. The van der Waals surface area contributed by atoms with Crippen molar-refractivity contribution in [3.8, 4) is 11.5 Å². The van der Waals surface area contributed by atoms with Gasteiger partial charge < -0.3 is 68.5 Å². The number of aliphatic hydroxyl groups is 1. The Morgan fingerprint density at radius 3 is 1.23 bits per heavy atom. The van der Waals surface area contributed by atoms with Crippen LogP contribution in [0.3, 0.4) is 0 Å². The Morgan fingerprint density at radius 2 is 0.782 bits per heavy atom. The fraction of sp³-hybridized carbons (Fsp3) is 0.453. The zero-order valence-electron chi connectivity index (χ0n) is 58.5. The molecule has 8 aliphatic heterocycles. The van der Waals surface area contributed by atoms with Crippen molar-refractivity contribution in [3.05, 3.63) is 175 Å². The van der Waals surface area contributed by atoms with Gasteiger partial charge in [0.15, 0.2) is 11.5 Å². The fourth-order valence-corrected chi connectivity index (χ4v) is 12.4. The molecule has 101 heavy (non-hydrogen) atoms. The van der Waals surface area contributed by atoms with Crippen LogP contribution in [0, 0.1) is 0 Å². The lowest BCUT2D eigenvalue weighted by Crippen LogP contribution is -2.47. The molecule has 2 aromatic heterocycles. The average molecular weight is 1390 g/mol. The zero-order chi connectivity index (χ0) is 71.1. The molecule has 0 radical (unpaired) electrons. The van der Waals surface area contributed by atoms with Crippen molar-refractivity contribution in [2.75, 3.05) is 225 Å². The molecule has 0 unspecified atom stereocenters. The van der Waals surface area contributed by atoms with Gasteiger partial charge >= 0.3 is 0 Å². The first kappa shape index (κ1) is 77.0. The first-order chi connectivity index (χ1) is 49.6. The van der Waals surface area contributed by atoms with Crippen LogP contribution in [0.25, 0.3) is 0 Å². The second-order valence-corrected chi connectivity index (χ2v) is 25.3. The second kappa shape index (κ2) is 43.7. The van der Waals surface area contributed by atoms with E-state index < -0.39 is 0 Å². The maximum atomic E-state index is 10.9. The Bertz CT molecular complexity index is 3170. The molecule has 0 spiro atoms. The van der Waals surface area contributed by atoms with Gasteiger partial charge in [-0.15, -0.1) is 0 Å². The third kappa shape index (κ3) is 26.1. The van der Waals surface area contributed by atoms with Crippen LogP contribution in [0.2, 0.25) is 0 Å². The van der Waals surface area contributed by atoms with Crippen molar-refractivity contribution >= 4 is 62.1 Å². The number of amides is 7. The molecule has 14 rings (SSSR count). The number of pyridine rings is 2. The third-order valence-corrected chi connectivity index (χ3v) is 18.7. The predicted octanol–water partition coefficient (Wildman–Crippen LogP) is 3.07. The number of carbonyl (C=O) groups excluding carboxylic acids is 7. The number of ether oxygens (including phenoxy) is 2. The van der Waals surface area contributed by atoms with E-state index >= 15 is 0 Å². The summed E-state index contributed by atoms with van der Waals surface area (Å²) in [5, 5.41) is 8.62. The molecule has 26 heteroatoms. The Balaban J connectivity index is 0.000000152. The Hall–Kier alpha value is -9.73. The number of hydrogen-bond acceptors (Lipinski definition) is 19. The summed E-state index contributed by atoms with van der Waals surface area (Å²) in [6.07, 6.45) is 11.8. The summed E-state index contributed by atoms with van der Waals surface area (Å²) in [6, 6.07) is 47.8. The first-order valence-electron chi connectivity index (χ1n) is 35.1. The van der Waals surface area contributed by atoms with Gasteiger partial charge in [0.2, 0.25) is 51.7 Å². The number of carbonyl (C=O) groups is 7. The van der Waals surface area contributed by atoms with Crippen LogP contribution in [0.15, 0.2) is 158 Å². The van der Waals surface area contributed by atoms with Gasteiger partial charge in [-0.3, -0.25) is 53.2 Å². The number of piperazine rings is 7. The number of likely N-dealkylation sites (N-methyl/N-ethyl adjacent to an activating group) is 1. The Labute approximate surface area is 595 Å². The molecular weight excluding hydrogens is 1280 g/mol. The number of aromatic nitrogens is 2. The van der Waals surface area contributed by atoms with E-state index in [2.05, 4.69) is 136 Å². The summed E-state index contributed by atoms with van der Waals surface area (Å²) in [6.45, 7) is 26.5. The van der Waals surface area contributed by atoms with Gasteiger partial charge in [0.1, 0.15) is 5.82 Å². The SMILES string of the molecule is CN1CCN(C=O)CC1.O=CN1CCN(C(c2ccccc2)c2ccccc2)CC1.O=CN1CCN(CCO)CC1.O=CN1CCN(Cc2ccccc2)CC1.O=CN1CCN(c2ccc3c(c2)OCO3)CC1.O=CN1CCN(c2ccccn2)CC1.O=CN1CCN(c2ccncc2)CC1. The maximum Gasteiger partial charge on any atom is 0.231 e. The zero-order valence-corrected chi connectivity index (χ0v) is 58.5. The van der Waals surface area contributed by atoms with Crippen molar-refractivity contribution in [2.45, 2.75) is 12.6 Å². The van der Waals surface area contributed by atoms with Crippen LogP contribution in [-0.2, 0) is 40.1 Å². The van der Waals surface area contributed by atoms with Crippen molar-refractivity contribution in [2.24, 2.45) is 0 Å². The minimum absolute atomic E-state index is 0.209. The monoisotopic (exact) mass is 1390 g/mol. The number of rotatable bonds is 17. The molecule has 7 saturated heterocycles. The van der Waals surface area contributed by atoms with Crippen molar-refractivity contribution in [1.82, 2.24) is 63.9 Å². The minimum Gasteiger partial charge on any atom is -0.454 e. The molecule has 26 nitrogen and oxygen atoms in total. The van der Waals surface area contributed by atoms with Crippen LogP contribution in [0.1, 0.15) is 22.7 Å². The number of fused-ring (bicyclic) bond motifs is 1. The molecule has 7 amide bonds. The number of β-amino-alcohol motifs (C(OH)–C–C–N with tert-alkyl or cyclic N) is 1. The molecule has 6 aromatic rings. The minimum atomic E-state index is 0.209. The number of benzene rings is 4. The standard InChI is InChI=1S/C18H20N2O.C12H14N2O3.C12H16N2O.2C10H13N3O.C7H14N2O2.C6H12N2O/c21-15-19-11-13-20(14-12-19)18(16-7-3-1-4-8-16)17-9-5-2-6-10-17;15-8-13-3-5-14(6-4-13)10-1-2-11-12(7-10)17-9-16-11;15-11-14-8-6-13(7-9-14)10-12-4-2-1-3-5-12;14-9-12-5-7-13(8-6-12)10-1-3-11-4-2-10;14-9-12-5-7-13(8-6-12)10-3-1-2-4-11-10;10-6-5-8-1-3-9(7-11)4-2-8;1-7-2-4-8(6-9)5-3-7/h1-10,15,18H,11-14H2;1-2,7-8H,3-6,9H2;1-5,11H,6-10H2;2*1-4,9H,5-8H2;7,10H,1-6H2;6H,2-5H2,1H3. The van der Waals surface area contributed by atoms with Gasteiger partial charge in [-0.25, -0.2) is 4.98 Å². The van der Waals surface area contributed by atoms with Gasteiger partial charge in [0.25, 0.3) is 0 Å². The summed E-state index contributed by atoms with van der Waals surface area (Å²) in [5.74, 6) is 2.61. The second-order valence-electron chi connectivity index (χ2n) is 25.3. The van der Waals surface area contributed by atoms with Gasteiger partial charge in [-0.1, -0.05) is 97.1 Å². The van der Waals surface area contributed by atoms with E-state index in [1.54, 1.807) is 43.1 Å².